The smallest absolute Gasteiger partial charge is 0.235 e. The van der Waals surface area contributed by atoms with E-state index in [1.165, 1.54) is 26.0 Å². The molecule has 0 saturated carbocycles. The Morgan fingerprint density at radius 1 is 1.40 bits per heavy atom. The van der Waals surface area contributed by atoms with Crippen LogP contribution in [-0.4, -0.2) is 13.7 Å². The molecule has 15 heavy (non-hydrogen) atoms. The Bertz CT molecular complexity index is 457. The summed E-state index contributed by atoms with van der Waals surface area (Å²) in [6.45, 7) is 3.08. The lowest BCUT2D eigenvalue weighted by Crippen LogP contribution is -2.22. The van der Waals surface area contributed by atoms with Gasteiger partial charge in [-0.1, -0.05) is 0 Å². The van der Waals surface area contributed by atoms with E-state index in [2.05, 4.69) is 4.72 Å². The van der Waals surface area contributed by atoms with Crippen LogP contribution in [0.3, 0.4) is 0 Å². The van der Waals surface area contributed by atoms with Crippen molar-refractivity contribution in [2.45, 2.75) is 19.1 Å². The van der Waals surface area contributed by atoms with Crippen molar-refractivity contribution in [3.05, 3.63) is 24.0 Å². The molecule has 0 aliphatic carbocycles. The maximum atomic E-state index is 13.0. The molecule has 0 amide bonds. The minimum Gasteiger partial charge on any atom is -0.396 e. The number of nitrogens with one attached hydrogen (secondary N) is 1. The van der Waals surface area contributed by atoms with E-state index in [0.717, 1.165) is 6.07 Å². The summed E-state index contributed by atoms with van der Waals surface area (Å²) >= 11 is 0. The van der Waals surface area contributed by atoms with E-state index in [1.807, 2.05) is 0 Å². The van der Waals surface area contributed by atoms with E-state index in [-0.39, 0.29) is 11.4 Å². The maximum absolute atomic E-state index is 13.0. The predicted molar refractivity (Wildman–Crippen MR) is 58.5 cm³/mol. The molecule has 0 unspecified atom stereocenters. The fraction of sp³-hybridized carbons (Fsp3) is 0.333. The molecule has 0 heterocycles. The molecule has 0 fully saturated rings. The maximum Gasteiger partial charge on any atom is 0.235 e. The van der Waals surface area contributed by atoms with E-state index in [1.54, 1.807) is 0 Å². The van der Waals surface area contributed by atoms with Crippen LogP contribution in [0.15, 0.2) is 18.2 Å². The Hall–Kier alpha value is -1.30. The third-order valence-corrected chi connectivity index (χ3v) is 3.64. The van der Waals surface area contributed by atoms with Crippen LogP contribution in [-0.2, 0) is 10.0 Å². The molecule has 0 saturated heterocycles. The van der Waals surface area contributed by atoms with Crippen molar-refractivity contribution in [3.63, 3.8) is 0 Å². The van der Waals surface area contributed by atoms with Gasteiger partial charge >= 0.3 is 0 Å². The summed E-state index contributed by atoms with van der Waals surface area (Å²) in [7, 11) is -3.44. The lowest BCUT2D eigenvalue weighted by atomic mass is 10.3. The van der Waals surface area contributed by atoms with E-state index in [0.29, 0.717) is 0 Å². The van der Waals surface area contributed by atoms with Crippen LogP contribution in [0.5, 0.6) is 0 Å². The van der Waals surface area contributed by atoms with Crippen molar-refractivity contribution in [2.75, 3.05) is 10.5 Å². The highest BCUT2D eigenvalue weighted by atomic mass is 32.2. The Labute approximate surface area is 88.3 Å². The molecule has 3 N–H and O–H groups in total. The molecule has 1 aromatic rings. The number of hydrogen-bond donors (Lipinski definition) is 2. The van der Waals surface area contributed by atoms with E-state index in [9.17, 15) is 12.8 Å². The lowest BCUT2D eigenvalue weighted by molar-refractivity contribution is 0.592. The molecule has 84 valence electrons. The predicted octanol–water partition coefficient (Wildman–Crippen LogP) is 1.56. The molecule has 0 radical (unpaired) electrons. The number of rotatable bonds is 3. The van der Waals surface area contributed by atoms with E-state index >= 15 is 0 Å². The average molecular weight is 232 g/mol. The van der Waals surface area contributed by atoms with Gasteiger partial charge in [0.05, 0.1) is 16.6 Å². The van der Waals surface area contributed by atoms with Gasteiger partial charge in [0.25, 0.3) is 0 Å². The van der Waals surface area contributed by atoms with E-state index < -0.39 is 21.1 Å². The second-order valence-corrected chi connectivity index (χ2v) is 5.67. The van der Waals surface area contributed by atoms with Crippen LogP contribution < -0.4 is 10.5 Å². The molecule has 6 heteroatoms. The first kappa shape index (κ1) is 11.8. The highest BCUT2D eigenvalue weighted by molar-refractivity contribution is 7.93. The molecule has 0 bridgehead atoms. The van der Waals surface area contributed by atoms with Crippen LogP contribution in [0, 0.1) is 5.82 Å². The number of halogens is 1. The minimum absolute atomic E-state index is 0.0116. The Morgan fingerprint density at radius 2 is 2.00 bits per heavy atom. The quantitative estimate of drug-likeness (QED) is 0.777. The molecule has 1 aromatic carbocycles. The fourth-order valence-corrected chi connectivity index (χ4v) is 1.56. The second-order valence-electron chi connectivity index (χ2n) is 3.43. The summed E-state index contributed by atoms with van der Waals surface area (Å²) in [4.78, 5) is 0. The standard InChI is InChI=1S/C9H13FN2O2S/c1-6(2)15(13,14)12-7-3-4-9(11)8(10)5-7/h3-6,12H,11H2,1-2H3. The van der Waals surface area contributed by atoms with Crippen LogP contribution >= 0.6 is 0 Å². The molecule has 0 aliphatic heterocycles. The van der Waals surface area contributed by atoms with Crippen molar-refractivity contribution >= 4 is 21.4 Å². The number of benzene rings is 1. The van der Waals surface area contributed by atoms with Gasteiger partial charge in [-0.2, -0.15) is 0 Å². The van der Waals surface area contributed by atoms with E-state index in [4.69, 9.17) is 5.73 Å². The number of anilines is 2. The molecule has 0 aliphatic rings. The molecule has 0 aromatic heterocycles. The van der Waals surface area contributed by atoms with Gasteiger partial charge in [-0.25, -0.2) is 12.8 Å². The van der Waals surface area contributed by atoms with Crippen LogP contribution in [0.4, 0.5) is 15.8 Å². The van der Waals surface area contributed by atoms with Crippen LogP contribution in [0.1, 0.15) is 13.8 Å². The van der Waals surface area contributed by atoms with Crippen LogP contribution in [0.2, 0.25) is 0 Å². The third kappa shape index (κ3) is 2.82. The zero-order valence-electron chi connectivity index (χ0n) is 8.49. The zero-order chi connectivity index (χ0) is 11.6. The van der Waals surface area contributed by atoms with Crippen molar-refractivity contribution in [1.82, 2.24) is 0 Å². The number of nitrogen functional groups attached to an aromatic ring is 1. The summed E-state index contributed by atoms with van der Waals surface area (Å²) in [6.07, 6.45) is 0. The number of hydrogen-bond acceptors (Lipinski definition) is 3. The second kappa shape index (κ2) is 4.06. The molecular formula is C9H13FN2O2S. The molecular weight excluding hydrogens is 219 g/mol. The first-order valence-electron chi connectivity index (χ1n) is 4.39. The Balaban J connectivity index is 2.96. The van der Waals surface area contributed by atoms with Crippen LogP contribution in [0.25, 0.3) is 0 Å². The average Bonchev–Trinajstić information content (AvgIpc) is 2.10. The van der Waals surface area contributed by atoms with Crippen molar-refractivity contribution < 1.29 is 12.8 Å². The zero-order valence-corrected chi connectivity index (χ0v) is 9.31. The highest BCUT2D eigenvalue weighted by Gasteiger charge is 2.15. The summed E-state index contributed by atoms with van der Waals surface area (Å²) in [5.41, 5.74) is 5.42. The minimum atomic E-state index is -3.44. The topological polar surface area (TPSA) is 72.2 Å². The Kier molecular flexibility index (Phi) is 3.18. The summed E-state index contributed by atoms with van der Waals surface area (Å²) < 4.78 is 38.1. The monoisotopic (exact) mass is 232 g/mol. The van der Waals surface area contributed by atoms with Gasteiger partial charge in [0, 0.05) is 6.07 Å². The van der Waals surface area contributed by atoms with Crippen molar-refractivity contribution in [3.8, 4) is 0 Å². The molecule has 0 spiro atoms. The fourth-order valence-electron chi connectivity index (χ4n) is 0.873. The van der Waals surface area contributed by atoms with Gasteiger partial charge in [-0.3, -0.25) is 4.72 Å². The molecule has 0 atom stereocenters. The lowest BCUT2D eigenvalue weighted by Gasteiger charge is -2.10. The molecule has 1 rings (SSSR count). The normalized spacial score (nSPS) is 11.7. The third-order valence-electron chi connectivity index (χ3n) is 1.88. The highest BCUT2D eigenvalue weighted by Crippen LogP contribution is 2.17. The summed E-state index contributed by atoms with van der Waals surface area (Å²) in [5, 5.41) is -0.571. The van der Waals surface area contributed by atoms with Gasteiger partial charge in [0.2, 0.25) is 10.0 Å². The van der Waals surface area contributed by atoms with Gasteiger partial charge < -0.3 is 5.73 Å². The largest absolute Gasteiger partial charge is 0.396 e. The summed E-state index contributed by atoms with van der Waals surface area (Å²) in [6, 6.07) is 3.78. The van der Waals surface area contributed by atoms with Gasteiger partial charge in [-0.15, -0.1) is 0 Å². The SMILES string of the molecule is CC(C)S(=O)(=O)Nc1ccc(N)c(F)c1. The number of nitrogens with two attached hydrogens (primary N) is 1. The Morgan fingerprint density at radius 3 is 2.47 bits per heavy atom. The first-order valence-corrected chi connectivity index (χ1v) is 5.94. The van der Waals surface area contributed by atoms with Gasteiger partial charge in [0.1, 0.15) is 5.82 Å². The molecule has 4 nitrogen and oxygen atoms in total. The van der Waals surface area contributed by atoms with Crippen molar-refractivity contribution in [2.24, 2.45) is 0 Å². The number of sulfonamides is 1. The summed E-state index contributed by atoms with van der Waals surface area (Å²) in [5.74, 6) is -0.640. The van der Waals surface area contributed by atoms with Crippen molar-refractivity contribution in [1.29, 1.82) is 0 Å². The first-order chi connectivity index (χ1) is 6.83. The van der Waals surface area contributed by atoms with Gasteiger partial charge in [-0.05, 0) is 26.0 Å². The van der Waals surface area contributed by atoms with Gasteiger partial charge in [0.15, 0.2) is 0 Å².